The molecule has 1 aliphatic heterocycles. The van der Waals surface area contributed by atoms with E-state index in [4.69, 9.17) is 9.47 Å². The highest BCUT2D eigenvalue weighted by Crippen LogP contribution is 2.43. The molecule has 0 bridgehead atoms. The van der Waals surface area contributed by atoms with Crippen molar-refractivity contribution >= 4 is 11.6 Å². The van der Waals surface area contributed by atoms with E-state index in [1.165, 1.54) is 0 Å². The van der Waals surface area contributed by atoms with Crippen LogP contribution < -0.4 is 14.4 Å². The minimum atomic E-state index is -0.0789. The fourth-order valence-corrected chi connectivity index (χ4v) is 3.26. The number of carbonyl (C=O) groups is 1. The number of para-hydroxylation sites is 1. The lowest BCUT2D eigenvalue weighted by Gasteiger charge is -2.37. The minimum absolute atomic E-state index is 0.0789. The molecule has 23 heavy (non-hydrogen) atoms. The quantitative estimate of drug-likeness (QED) is 0.858. The second-order valence-electron chi connectivity index (χ2n) is 5.58. The highest BCUT2D eigenvalue weighted by Gasteiger charge is 2.34. The van der Waals surface area contributed by atoms with Gasteiger partial charge >= 0.3 is 0 Å². The zero-order chi connectivity index (χ0) is 16.2. The van der Waals surface area contributed by atoms with Gasteiger partial charge in [-0.3, -0.25) is 4.79 Å². The predicted octanol–water partition coefficient (Wildman–Crippen LogP) is 3.96. The largest absolute Gasteiger partial charge is 0.496 e. The highest BCUT2D eigenvalue weighted by molar-refractivity contribution is 5.95. The van der Waals surface area contributed by atoms with Crippen molar-refractivity contribution in [1.82, 2.24) is 0 Å². The van der Waals surface area contributed by atoms with Crippen LogP contribution in [0.3, 0.4) is 0 Å². The summed E-state index contributed by atoms with van der Waals surface area (Å²) in [6.45, 7) is 0. The Kier molecular flexibility index (Phi) is 4.51. The average Bonchev–Trinajstić information content (AvgIpc) is 2.61. The number of hydrogen-bond donors (Lipinski definition) is 0. The Balaban J connectivity index is 2.11. The Bertz CT molecular complexity index is 662. The number of ether oxygens (including phenoxy) is 2. The fourth-order valence-electron chi connectivity index (χ4n) is 3.26. The molecule has 0 saturated carbocycles. The van der Waals surface area contributed by atoms with Gasteiger partial charge in [0.1, 0.15) is 11.5 Å². The summed E-state index contributed by atoms with van der Waals surface area (Å²) in [4.78, 5) is 14.5. The molecule has 120 valence electrons. The molecule has 1 unspecified atom stereocenters. The zero-order valence-electron chi connectivity index (χ0n) is 13.5. The number of piperidine rings is 1. The van der Waals surface area contributed by atoms with E-state index in [-0.39, 0.29) is 11.9 Å². The van der Waals surface area contributed by atoms with Crippen molar-refractivity contribution in [2.75, 3.05) is 19.1 Å². The van der Waals surface area contributed by atoms with E-state index < -0.39 is 0 Å². The van der Waals surface area contributed by atoms with Crippen molar-refractivity contribution in [3.8, 4) is 11.5 Å². The van der Waals surface area contributed by atoms with Gasteiger partial charge < -0.3 is 14.4 Å². The van der Waals surface area contributed by atoms with Crippen molar-refractivity contribution in [3.05, 3.63) is 54.1 Å². The molecule has 1 aliphatic rings. The molecule has 1 atom stereocenters. The molecule has 1 amide bonds. The molecule has 0 spiro atoms. The summed E-state index contributed by atoms with van der Waals surface area (Å²) in [7, 11) is 3.30. The molecule has 1 saturated heterocycles. The number of methoxy groups -OCH3 is 2. The minimum Gasteiger partial charge on any atom is -0.496 e. The summed E-state index contributed by atoms with van der Waals surface area (Å²) in [5, 5.41) is 0. The molecule has 1 fully saturated rings. The van der Waals surface area contributed by atoms with E-state index in [0.717, 1.165) is 35.6 Å². The summed E-state index contributed by atoms with van der Waals surface area (Å²) >= 11 is 0. The molecule has 0 radical (unpaired) electrons. The number of carbonyl (C=O) groups excluding carboxylic acids is 1. The van der Waals surface area contributed by atoms with E-state index in [1.807, 2.05) is 53.4 Å². The molecular formula is C19H21NO3. The molecular weight excluding hydrogens is 290 g/mol. The molecule has 1 heterocycles. The van der Waals surface area contributed by atoms with Gasteiger partial charge in [-0.05, 0) is 37.1 Å². The lowest BCUT2D eigenvalue weighted by molar-refractivity contribution is -0.120. The third-order valence-electron chi connectivity index (χ3n) is 4.28. The molecule has 0 aromatic heterocycles. The van der Waals surface area contributed by atoms with Gasteiger partial charge in [-0.15, -0.1) is 0 Å². The van der Waals surface area contributed by atoms with E-state index in [0.29, 0.717) is 6.42 Å². The van der Waals surface area contributed by atoms with Gasteiger partial charge in [0.25, 0.3) is 0 Å². The Morgan fingerprint density at radius 1 is 0.957 bits per heavy atom. The van der Waals surface area contributed by atoms with Crippen LogP contribution in [0, 0.1) is 0 Å². The van der Waals surface area contributed by atoms with Gasteiger partial charge in [0.15, 0.2) is 0 Å². The van der Waals surface area contributed by atoms with E-state index in [1.54, 1.807) is 14.2 Å². The summed E-state index contributed by atoms with van der Waals surface area (Å²) in [6, 6.07) is 15.5. The highest BCUT2D eigenvalue weighted by atomic mass is 16.5. The van der Waals surface area contributed by atoms with Gasteiger partial charge in [0.05, 0.1) is 25.8 Å². The van der Waals surface area contributed by atoms with Crippen LogP contribution in [0.15, 0.2) is 48.5 Å². The first kappa shape index (κ1) is 15.4. The van der Waals surface area contributed by atoms with Crippen LogP contribution in [0.1, 0.15) is 30.9 Å². The summed E-state index contributed by atoms with van der Waals surface area (Å²) in [5.74, 6) is 1.65. The molecule has 0 N–H and O–H groups in total. The fraction of sp³-hybridized carbons (Fsp3) is 0.316. The second kappa shape index (κ2) is 6.73. The van der Waals surface area contributed by atoms with E-state index >= 15 is 0 Å². The third kappa shape index (κ3) is 2.89. The Labute approximate surface area is 136 Å². The number of nitrogens with zero attached hydrogens (tertiary/aromatic N) is 1. The Hall–Kier alpha value is -2.49. The number of benzene rings is 2. The molecule has 3 rings (SSSR count). The Morgan fingerprint density at radius 2 is 1.61 bits per heavy atom. The lowest BCUT2D eigenvalue weighted by Crippen LogP contribution is -2.38. The van der Waals surface area contributed by atoms with Gasteiger partial charge in [0, 0.05) is 12.1 Å². The average molecular weight is 311 g/mol. The van der Waals surface area contributed by atoms with Crippen LogP contribution in [-0.2, 0) is 4.79 Å². The first-order valence-corrected chi connectivity index (χ1v) is 7.84. The molecule has 2 aromatic carbocycles. The van der Waals surface area contributed by atoms with Gasteiger partial charge in [-0.2, -0.15) is 0 Å². The van der Waals surface area contributed by atoms with Crippen LogP contribution in [0.25, 0.3) is 0 Å². The second-order valence-corrected chi connectivity index (χ2v) is 5.58. The number of hydrogen-bond acceptors (Lipinski definition) is 3. The summed E-state index contributed by atoms with van der Waals surface area (Å²) in [5.41, 5.74) is 1.85. The van der Waals surface area contributed by atoms with Crippen LogP contribution in [0.5, 0.6) is 11.5 Å². The standard InChI is InChI=1S/C19H21NO3/c1-22-16-11-7-12-17(23-2)19(16)15-10-6-13-18(21)20(15)14-8-4-3-5-9-14/h3-5,7-9,11-12,15H,6,10,13H2,1-2H3. The number of rotatable bonds is 4. The van der Waals surface area contributed by atoms with Gasteiger partial charge in [-0.25, -0.2) is 0 Å². The van der Waals surface area contributed by atoms with Crippen LogP contribution in [0.4, 0.5) is 5.69 Å². The maximum Gasteiger partial charge on any atom is 0.227 e. The molecule has 0 aliphatic carbocycles. The third-order valence-corrected chi connectivity index (χ3v) is 4.28. The molecule has 2 aromatic rings. The molecule has 4 heteroatoms. The Morgan fingerprint density at radius 3 is 2.22 bits per heavy atom. The van der Waals surface area contributed by atoms with Crippen molar-refractivity contribution < 1.29 is 14.3 Å². The topological polar surface area (TPSA) is 38.8 Å². The SMILES string of the molecule is COc1cccc(OC)c1C1CCCC(=O)N1c1ccccc1. The predicted molar refractivity (Wildman–Crippen MR) is 90.1 cm³/mol. The normalized spacial score (nSPS) is 17.9. The van der Waals surface area contributed by atoms with Crippen molar-refractivity contribution in [1.29, 1.82) is 0 Å². The maximum atomic E-state index is 12.6. The molecule has 4 nitrogen and oxygen atoms in total. The van der Waals surface area contributed by atoms with Gasteiger partial charge in [0.2, 0.25) is 5.91 Å². The summed E-state index contributed by atoms with van der Waals surface area (Å²) < 4.78 is 11.1. The lowest BCUT2D eigenvalue weighted by atomic mass is 9.92. The number of anilines is 1. The maximum absolute atomic E-state index is 12.6. The van der Waals surface area contributed by atoms with Crippen molar-refractivity contribution in [2.24, 2.45) is 0 Å². The van der Waals surface area contributed by atoms with E-state index in [2.05, 4.69) is 0 Å². The van der Waals surface area contributed by atoms with Crippen molar-refractivity contribution in [2.45, 2.75) is 25.3 Å². The van der Waals surface area contributed by atoms with Crippen LogP contribution in [-0.4, -0.2) is 20.1 Å². The first-order chi connectivity index (χ1) is 11.3. The van der Waals surface area contributed by atoms with E-state index in [9.17, 15) is 4.79 Å². The number of amides is 1. The van der Waals surface area contributed by atoms with Crippen LogP contribution >= 0.6 is 0 Å². The monoisotopic (exact) mass is 311 g/mol. The summed E-state index contributed by atoms with van der Waals surface area (Å²) in [6.07, 6.45) is 2.33. The smallest absolute Gasteiger partial charge is 0.227 e. The first-order valence-electron chi connectivity index (χ1n) is 7.84. The zero-order valence-corrected chi connectivity index (χ0v) is 13.5. The van der Waals surface area contributed by atoms with Crippen molar-refractivity contribution in [3.63, 3.8) is 0 Å². The van der Waals surface area contributed by atoms with Gasteiger partial charge in [-0.1, -0.05) is 24.3 Å². The van der Waals surface area contributed by atoms with Crippen LogP contribution in [0.2, 0.25) is 0 Å².